The number of fused-ring (bicyclic) bond motifs is 1. The van der Waals surface area contributed by atoms with E-state index < -0.39 is 0 Å². The quantitative estimate of drug-likeness (QED) is 0.886. The largest absolute Gasteiger partial charge is 0.388 e. The summed E-state index contributed by atoms with van der Waals surface area (Å²) >= 11 is 3.47. The minimum atomic E-state index is -0.296. The summed E-state index contributed by atoms with van der Waals surface area (Å²) in [6.07, 6.45) is 3.20. The van der Waals surface area contributed by atoms with Gasteiger partial charge in [0.1, 0.15) is 0 Å². The standard InChI is InChI=1S/C15H15BrO/c16-14-6-5-11-8-13(4-3-12(11)9-14)15(17)7-10-1-2-10/h3-6,8-10,15,17H,1-2,7H2. The molecule has 0 saturated heterocycles. The third-order valence-corrected chi connectivity index (χ3v) is 3.96. The highest BCUT2D eigenvalue weighted by Gasteiger charge is 2.25. The summed E-state index contributed by atoms with van der Waals surface area (Å²) in [4.78, 5) is 0. The van der Waals surface area contributed by atoms with Crippen molar-refractivity contribution in [2.24, 2.45) is 5.92 Å². The monoisotopic (exact) mass is 290 g/mol. The maximum Gasteiger partial charge on any atom is 0.0792 e. The molecule has 1 aliphatic rings. The summed E-state index contributed by atoms with van der Waals surface area (Å²) in [6, 6.07) is 12.5. The maximum absolute atomic E-state index is 10.1. The molecule has 0 bridgehead atoms. The van der Waals surface area contributed by atoms with Crippen LogP contribution >= 0.6 is 15.9 Å². The molecule has 2 heteroatoms. The van der Waals surface area contributed by atoms with E-state index in [1.54, 1.807) is 0 Å². The van der Waals surface area contributed by atoms with Gasteiger partial charge in [0.05, 0.1) is 6.10 Å². The lowest BCUT2D eigenvalue weighted by Crippen LogP contribution is -1.98. The normalized spacial score (nSPS) is 17.3. The second-order valence-corrected chi connectivity index (χ2v) is 5.86. The molecule has 2 aromatic carbocycles. The molecule has 1 nitrogen and oxygen atoms in total. The van der Waals surface area contributed by atoms with Gasteiger partial charge in [-0.3, -0.25) is 0 Å². The first-order valence-corrected chi connectivity index (χ1v) is 6.89. The SMILES string of the molecule is OC(CC1CC1)c1ccc2cc(Br)ccc2c1. The van der Waals surface area contributed by atoms with Crippen molar-refractivity contribution in [1.29, 1.82) is 0 Å². The molecule has 1 aliphatic carbocycles. The summed E-state index contributed by atoms with van der Waals surface area (Å²) in [5.41, 5.74) is 1.05. The van der Waals surface area contributed by atoms with E-state index in [-0.39, 0.29) is 6.10 Å². The minimum Gasteiger partial charge on any atom is -0.388 e. The molecule has 88 valence electrons. The van der Waals surface area contributed by atoms with Crippen molar-refractivity contribution in [3.8, 4) is 0 Å². The van der Waals surface area contributed by atoms with Crippen LogP contribution in [-0.4, -0.2) is 5.11 Å². The summed E-state index contributed by atoms with van der Waals surface area (Å²) in [5.74, 6) is 0.755. The average Bonchev–Trinajstić information content (AvgIpc) is 3.12. The molecule has 17 heavy (non-hydrogen) atoms. The van der Waals surface area contributed by atoms with Crippen molar-refractivity contribution in [1.82, 2.24) is 0 Å². The van der Waals surface area contributed by atoms with Gasteiger partial charge in [0, 0.05) is 4.47 Å². The third-order valence-electron chi connectivity index (χ3n) is 3.46. The van der Waals surface area contributed by atoms with Crippen LogP contribution in [-0.2, 0) is 0 Å². The first-order valence-electron chi connectivity index (χ1n) is 6.09. The molecule has 0 spiro atoms. The average molecular weight is 291 g/mol. The van der Waals surface area contributed by atoms with Crippen LogP contribution in [0.3, 0.4) is 0 Å². The van der Waals surface area contributed by atoms with Gasteiger partial charge in [-0.1, -0.05) is 47.0 Å². The van der Waals surface area contributed by atoms with Crippen LogP contribution < -0.4 is 0 Å². The van der Waals surface area contributed by atoms with Gasteiger partial charge in [-0.05, 0) is 46.9 Å². The number of benzene rings is 2. The van der Waals surface area contributed by atoms with E-state index in [0.717, 1.165) is 22.4 Å². The Kier molecular flexibility index (Phi) is 2.93. The summed E-state index contributed by atoms with van der Waals surface area (Å²) in [5, 5.41) is 12.5. The topological polar surface area (TPSA) is 20.2 Å². The highest BCUT2D eigenvalue weighted by Crippen LogP contribution is 2.38. The first-order chi connectivity index (χ1) is 8.22. The van der Waals surface area contributed by atoms with Gasteiger partial charge in [-0.2, -0.15) is 0 Å². The van der Waals surface area contributed by atoms with E-state index in [2.05, 4.69) is 40.2 Å². The smallest absolute Gasteiger partial charge is 0.0792 e. The molecule has 1 atom stereocenters. The molecule has 1 saturated carbocycles. The van der Waals surface area contributed by atoms with Crippen LogP contribution in [0.1, 0.15) is 30.9 Å². The molecule has 1 N–H and O–H groups in total. The van der Waals surface area contributed by atoms with Gasteiger partial charge in [-0.15, -0.1) is 0 Å². The Labute approximate surface area is 110 Å². The highest BCUT2D eigenvalue weighted by atomic mass is 79.9. The molecule has 1 unspecified atom stereocenters. The Bertz CT molecular complexity index is 546. The number of hydrogen-bond donors (Lipinski definition) is 1. The van der Waals surface area contributed by atoms with Crippen molar-refractivity contribution in [2.75, 3.05) is 0 Å². The van der Waals surface area contributed by atoms with Crippen molar-refractivity contribution in [2.45, 2.75) is 25.4 Å². The molecular formula is C15H15BrO. The Morgan fingerprint density at radius 3 is 2.59 bits per heavy atom. The number of aliphatic hydroxyl groups excluding tert-OH is 1. The number of halogens is 1. The van der Waals surface area contributed by atoms with E-state index in [4.69, 9.17) is 0 Å². The van der Waals surface area contributed by atoms with Gasteiger partial charge in [-0.25, -0.2) is 0 Å². The van der Waals surface area contributed by atoms with Gasteiger partial charge in [0.15, 0.2) is 0 Å². The minimum absolute atomic E-state index is 0.296. The van der Waals surface area contributed by atoms with Gasteiger partial charge in [0.25, 0.3) is 0 Å². The van der Waals surface area contributed by atoms with Crippen LogP contribution in [0.2, 0.25) is 0 Å². The van der Waals surface area contributed by atoms with E-state index in [1.807, 2.05) is 12.1 Å². The lowest BCUT2D eigenvalue weighted by atomic mass is 10.0. The fourth-order valence-electron chi connectivity index (χ4n) is 2.25. The third kappa shape index (κ3) is 2.53. The molecule has 2 aromatic rings. The first kappa shape index (κ1) is 11.2. The van der Waals surface area contributed by atoms with E-state index >= 15 is 0 Å². The maximum atomic E-state index is 10.1. The Balaban J connectivity index is 1.92. The summed E-state index contributed by atoms with van der Waals surface area (Å²) < 4.78 is 1.09. The van der Waals surface area contributed by atoms with Crippen LogP contribution in [0, 0.1) is 5.92 Å². The van der Waals surface area contributed by atoms with Crippen LogP contribution in [0.4, 0.5) is 0 Å². The van der Waals surface area contributed by atoms with E-state index in [0.29, 0.717) is 0 Å². The van der Waals surface area contributed by atoms with Crippen molar-refractivity contribution in [3.05, 3.63) is 46.4 Å². The lowest BCUT2D eigenvalue weighted by Gasteiger charge is -2.11. The Morgan fingerprint density at radius 1 is 1.12 bits per heavy atom. The van der Waals surface area contributed by atoms with Gasteiger partial charge < -0.3 is 5.11 Å². The van der Waals surface area contributed by atoms with Crippen molar-refractivity contribution < 1.29 is 5.11 Å². The second kappa shape index (κ2) is 4.43. The molecular weight excluding hydrogens is 276 g/mol. The van der Waals surface area contributed by atoms with Gasteiger partial charge >= 0.3 is 0 Å². The van der Waals surface area contributed by atoms with Crippen LogP contribution in [0.15, 0.2) is 40.9 Å². The molecule has 0 amide bonds. The molecule has 3 rings (SSSR count). The zero-order valence-corrected chi connectivity index (χ0v) is 11.2. The second-order valence-electron chi connectivity index (χ2n) is 4.95. The van der Waals surface area contributed by atoms with E-state index in [9.17, 15) is 5.11 Å². The molecule has 0 heterocycles. The zero-order chi connectivity index (χ0) is 11.8. The van der Waals surface area contributed by atoms with E-state index in [1.165, 1.54) is 23.6 Å². The van der Waals surface area contributed by atoms with Crippen LogP contribution in [0.5, 0.6) is 0 Å². The fraction of sp³-hybridized carbons (Fsp3) is 0.333. The number of rotatable bonds is 3. The fourth-order valence-corrected chi connectivity index (χ4v) is 2.63. The predicted molar refractivity (Wildman–Crippen MR) is 73.9 cm³/mol. The molecule has 0 radical (unpaired) electrons. The molecule has 0 aromatic heterocycles. The van der Waals surface area contributed by atoms with Crippen molar-refractivity contribution in [3.63, 3.8) is 0 Å². The molecule has 0 aliphatic heterocycles. The highest BCUT2D eigenvalue weighted by molar-refractivity contribution is 9.10. The lowest BCUT2D eigenvalue weighted by molar-refractivity contribution is 0.160. The number of aliphatic hydroxyl groups is 1. The predicted octanol–water partition coefficient (Wildman–Crippen LogP) is 4.44. The van der Waals surface area contributed by atoms with Gasteiger partial charge in [0.2, 0.25) is 0 Å². The van der Waals surface area contributed by atoms with Crippen LogP contribution in [0.25, 0.3) is 10.8 Å². The summed E-state index contributed by atoms with van der Waals surface area (Å²) in [6.45, 7) is 0. The molecule has 1 fully saturated rings. The zero-order valence-electron chi connectivity index (χ0n) is 9.57. The number of hydrogen-bond acceptors (Lipinski definition) is 1. The summed E-state index contributed by atoms with van der Waals surface area (Å²) in [7, 11) is 0. The Hall–Kier alpha value is -0.860. The Morgan fingerprint density at radius 2 is 1.82 bits per heavy atom. The van der Waals surface area contributed by atoms with Crippen molar-refractivity contribution >= 4 is 26.7 Å².